The molecule has 0 bridgehead atoms. The van der Waals surface area contributed by atoms with Crippen LogP contribution in [0.1, 0.15) is 16.2 Å². The molecular formula is C16H14FN3O6S2. The summed E-state index contributed by atoms with van der Waals surface area (Å²) in [4.78, 5) is 15.8. The second kappa shape index (κ2) is 6.87. The molecule has 0 unspecified atom stereocenters. The van der Waals surface area contributed by atoms with Crippen molar-refractivity contribution >= 4 is 42.7 Å². The molecule has 9 nitrogen and oxygen atoms in total. The summed E-state index contributed by atoms with van der Waals surface area (Å²) in [5.41, 5.74) is 0.414. The van der Waals surface area contributed by atoms with Gasteiger partial charge in [-0.3, -0.25) is 9.52 Å². The van der Waals surface area contributed by atoms with Crippen molar-refractivity contribution < 1.29 is 30.4 Å². The summed E-state index contributed by atoms with van der Waals surface area (Å²) < 4.78 is 70.1. The molecule has 1 heterocycles. The lowest BCUT2D eigenvalue weighted by atomic mass is 10.2. The first kappa shape index (κ1) is 19.8. The van der Waals surface area contributed by atoms with Crippen molar-refractivity contribution in [1.29, 1.82) is 0 Å². The van der Waals surface area contributed by atoms with Gasteiger partial charge in [0.25, 0.3) is 15.9 Å². The van der Waals surface area contributed by atoms with E-state index in [9.17, 15) is 26.0 Å². The smallest absolute Gasteiger partial charge is 0.265 e. The summed E-state index contributed by atoms with van der Waals surface area (Å²) in [6.07, 6.45) is 0.824. The molecule has 0 aliphatic carbocycles. The average molecular weight is 427 g/mol. The Kier molecular flexibility index (Phi) is 4.85. The van der Waals surface area contributed by atoms with Crippen LogP contribution in [0.15, 0.2) is 45.7 Å². The highest BCUT2D eigenvalue weighted by Gasteiger charge is 2.21. The van der Waals surface area contributed by atoms with Crippen LogP contribution < -0.4 is 9.44 Å². The van der Waals surface area contributed by atoms with Gasteiger partial charge in [0.1, 0.15) is 11.3 Å². The average Bonchev–Trinajstić information content (AvgIpc) is 2.94. The minimum Gasteiger partial charge on any atom is -0.441 e. The van der Waals surface area contributed by atoms with Gasteiger partial charge in [0.2, 0.25) is 10.0 Å². The number of oxazole rings is 1. The van der Waals surface area contributed by atoms with Gasteiger partial charge in [0, 0.05) is 12.5 Å². The Balaban J connectivity index is 1.85. The number of halogens is 1. The van der Waals surface area contributed by atoms with Crippen molar-refractivity contribution in [2.45, 2.75) is 11.8 Å². The predicted octanol–water partition coefficient (Wildman–Crippen LogP) is 1.77. The van der Waals surface area contributed by atoms with Crippen LogP contribution in [0.3, 0.4) is 0 Å². The van der Waals surface area contributed by atoms with E-state index in [4.69, 9.17) is 4.42 Å². The zero-order chi connectivity index (χ0) is 20.7. The molecule has 0 aliphatic rings. The summed E-state index contributed by atoms with van der Waals surface area (Å²) >= 11 is 0. The van der Waals surface area contributed by atoms with E-state index in [1.165, 1.54) is 18.2 Å². The summed E-state index contributed by atoms with van der Waals surface area (Å²) in [5.74, 6) is -1.67. The molecule has 0 aliphatic heterocycles. The number of rotatable bonds is 5. The zero-order valence-electron chi connectivity index (χ0n) is 14.6. The number of aryl methyl sites for hydroxylation is 1. The van der Waals surface area contributed by atoms with Gasteiger partial charge in [-0.1, -0.05) is 0 Å². The number of nitrogens with one attached hydrogen (secondary N) is 2. The van der Waals surface area contributed by atoms with E-state index in [2.05, 4.69) is 4.98 Å². The number of aromatic nitrogens is 1. The van der Waals surface area contributed by atoms with E-state index in [0.29, 0.717) is 23.1 Å². The molecule has 28 heavy (non-hydrogen) atoms. The minimum atomic E-state index is -4.40. The van der Waals surface area contributed by atoms with Gasteiger partial charge in [-0.2, -0.15) is 0 Å². The number of carbonyl (C=O) groups excluding carboxylic acids is 1. The summed E-state index contributed by atoms with van der Waals surface area (Å²) in [6.45, 7) is 1.63. The van der Waals surface area contributed by atoms with Gasteiger partial charge in [-0.15, -0.1) is 0 Å². The van der Waals surface area contributed by atoms with E-state index >= 15 is 0 Å². The molecule has 0 saturated carbocycles. The molecule has 1 amide bonds. The van der Waals surface area contributed by atoms with Crippen molar-refractivity contribution in [2.75, 3.05) is 11.0 Å². The molecule has 2 aromatic carbocycles. The number of amides is 1. The number of fused-ring (bicyclic) bond motifs is 1. The second-order valence-electron chi connectivity index (χ2n) is 5.87. The fraction of sp³-hybridized carbons (Fsp3) is 0.125. The molecule has 12 heteroatoms. The van der Waals surface area contributed by atoms with Crippen LogP contribution in [-0.4, -0.2) is 34.0 Å². The lowest BCUT2D eigenvalue weighted by Gasteiger charge is -2.09. The number of benzene rings is 2. The molecule has 148 valence electrons. The molecule has 3 rings (SSSR count). The van der Waals surface area contributed by atoms with Crippen molar-refractivity contribution in [1.82, 2.24) is 9.71 Å². The predicted molar refractivity (Wildman–Crippen MR) is 98.3 cm³/mol. The maximum absolute atomic E-state index is 14.0. The second-order valence-corrected chi connectivity index (χ2v) is 9.30. The summed E-state index contributed by atoms with van der Waals surface area (Å²) in [5, 5.41) is 0. The van der Waals surface area contributed by atoms with Crippen LogP contribution >= 0.6 is 0 Å². The third-order valence-corrected chi connectivity index (χ3v) is 5.45. The van der Waals surface area contributed by atoms with E-state index in [0.717, 1.165) is 18.4 Å². The topological polar surface area (TPSA) is 135 Å². The maximum Gasteiger partial charge on any atom is 0.265 e. The third kappa shape index (κ3) is 4.28. The molecule has 1 aromatic heterocycles. The van der Waals surface area contributed by atoms with Gasteiger partial charge >= 0.3 is 0 Å². The van der Waals surface area contributed by atoms with Crippen LogP contribution in [0.5, 0.6) is 0 Å². The van der Waals surface area contributed by atoms with Crippen molar-refractivity contribution in [2.24, 2.45) is 0 Å². The standard InChI is InChI=1S/C16H14FN3O6S2/c1-9-18-14-7-10(3-6-15(14)26-9)16(21)20-28(24,25)11-4-5-13(12(17)8-11)19-27(2,22)23/h3-8,19H,1-2H3,(H,20,21). The lowest BCUT2D eigenvalue weighted by Crippen LogP contribution is -2.30. The fourth-order valence-electron chi connectivity index (χ4n) is 2.37. The van der Waals surface area contributed by atoms with Crippen LogP contribution in [0, 0.1) is 12.7 Å². The number of sulfonamides is 2. The Hall–Kier alpha value is -2.99. The molecule has 0 saturated heterocycles. The van der Waals surface area contributed by atoms with Crippen LogP contribution in [-0.2, 0) is 20.0 Å². The Morgan fingerprint density at radius 2 is 1.82 bits per heavy atom. The lowest BCUT2D eigenvalue weighted by molar-refractivity contribution is 0.0981. The van der Waals surface area contributed by atoms with Gasteiger partial charge in [0.15, 0.2) is 11.5 Å². The van der Waals surface area contributed by atoms with Crippen LogP contribution in [0.4, 0.5) is 10.1 Å². The Morgan fingerprint density at radius 1 is 1.11 bits per heavy atom. The first-order chi connectivity index (χ1) is 12.9. The number of nitrogens with zero attached hydrogens (tertiary/aromatic N) is 1. The SMILES string of the molecule is Cc1nc2cc(C(=O)NS(=O)(=O)c3ccc(NS(C)(=O)=O)c(F)c3)ccc2o1. The Bertz CT molecular complexity index is 1300. The van der Waals surface area contributed by atoms with E-state index in [-0.39, 0.29) is 5.56 Å². The molecule has 0 spiro atoms. The van der Waals surface area contributed by atoms with Gasteiger partial charge < -0.3 is 4.42 Å². The number of hydrogen-bond acceptors (Lipinski definition) is 7. The van der Waals surface area contributed by atoms with Gasteiger partial charge in [0.05, 0.1) is 16.8 Å². The number of anilines is 1. The zero-order valence-corrected chi connectivity index (χ0v) is 16.2. The van der Waals surface area contributed by atoms with Gasteiger partial charge in [-0.25, -0.2) is 30.9 Å². The normalized spacial score (nSPS) is 12.1. The minimum absolute atomic E-state index is 0.0141. The quantitative estimate of drug-likeness (QED) is 0.633. The first-order valence-electron chi connectivity index (χ1n) is 7.66. The highest BCUT2D eigenvalue weighted by atomic mass is 32.2. The van der Waals surface area contributed by atoms with Crippen molar-refractivity contribution in [3.8, 4) is 0 Å². The summed E-state index contributed by atoms with van der Waals surface area (Å²) in [7, 11) is -8.14. The maximum atomic E-state index is 14.0. The highest BCUT2D eigenvalue weighted by Crippen LogP contribution is 2.21. The van der Waals surface area contributed by atoms with E-state index in [1.807, 2.05) is 9.44 Å². The van der Waals surface area contributed by atoms with E-state index < -0.39 is 42.4 Å². The molecule has 0 fully saturated rings. The molecule has 0 atom stereocenters. The van der Waals surface area contributed by atoms with Crippen molar-refractivity contribution in [3.05, 3.63) is 53.7 Å². The highest BCUT2D eigenvalue weighted by molar-refractivity contribution is 7.92. The summed E-state index contributed by atoms with van der Waals surface area (Å²) in [6, 6.07) is 6.71. The van der Waals surface area contributed by atoms with Crippen molar-refractivity contribution in [3.63, 3.8) is 0 Å². The van der Waals surface area contributed by atoms with Crippen LogP contribution in [0.2, 0.25) is 0 Å². The monoisotopic (exact) mass is 427 g/mol. The Morgan fingerprint density at radius 3 is 2.46 bits per heavy atom. The first-order valence-corrected chi connectivity index (χ1v) is 11.0. The van der Waals surface area contributed by atoms with Crippen LogP contribution in [0.25, 0.3) is 11.1 Å². The Labute approximate surface area is 159 Å². The van der Waals surface area contributed by atoms with Gasteiger partial charge in [-0.05, 0) is 36.4 Å². The molecule has 3 aromatic rings. The largest absolute Gasteiger partial charge is 0.441 e. The third-order valence-electron chi connectivity index (χ3n) is 3.53. The van der Waals surface area contributed by atoms with E-state index in [1.54, 1.807) is 6.92 Å². The fourth-order valence-corrected chi connectivity index (χ4v) is 3.92. The number of hydrogen-bond donors (Lipinski definition) is 2. The molecular weight excluding hydrogens is 413 g/mol. The number of carbonyl (C=O) groups is 1. The molecule has 0 radical (unpaired) electrons. The molecule has 2 N–H and O–H groups in total.